The first-order valence-electron chi connectivity index (χ1n) is 8.20. The standard InChI is InChI=1S/C18H27N/c1-2-6-16(7-3-1)17-10-12-18(13-11-17)19-14-4-5-15-8-9-15/h1-3,6-7,15,17-19H,4-5,8-14H2. The number of rotatable bonds is 6. The lowest BCUT2D eigenvalue weighted by atomic mass is 9.82. The molecule has 1 nitrogen and oxygen atoms in total. The average Bonchev–Trinajstić information content (AvgIpc) is 3.29. The van der Waals surface area contributed by atoms with Gasteiger partial charge in [0.05, 0.1) is 0 Å². The average molecular weight is 257 g/mol. The molecule has 2 saturated carbocycles. The molecule has 0 spiro atoms. The van der Waals surface area contributed by atoms with E-state index in [0.717, 1.165) is 17.9 Å². The molecule has 0 saturated heterocycles. The molecule has 2 aliphatic carbocycles. The smallest absolute Gasteiger partial charge is 0.00674 e. The van der Waals surface area contributed by atoms with Crippen LogP contribution < -0.4 is 5.32 Å². The monoisotopic (exact) mass is 257 g/mol. The second kappa shape index (κ2) is 6.56. The summed E-state index contributed by atoms with van der Waals surface area (Å²) in [6.45, 7) is 1.25. The molecule has 1 aromatic rings. The molecular formula is C18H27N. The predicted molar refractivity (Wildman–Crippen MR) is 81.4 cm³/mol. The van der Waals surface area contributed by atoms with E-state index in [9.17, 15) is 0 Å². The zero-order valence-electron chi connectivity index (χ0n) is 12.0. The molecule has 2 aliphatic rings. The van der Waals surface area contributed by atoms with E-state index in [0.29, 0.717) is 0 Å². The van der Waals surface area contributed by atoms with E-state index in [2.05, 4.69) is 35.6 Å². The van der Waals surface area contributed by atoms with Crippen LogP contribution in [0.2, 0.25) is 0 Å². The molecule has 3 rings (SSSR count). The number of hydrogen-bond acceptors (Lipinski definition) is 1. The maximum Gasteiger partial charge on any atom is 0.00674 e. The van der Waals surface area contributed by atoms with Gasteiger partial charge in [0.1, 0.15) is 0 Å². The van der Waals surface area contributed by atoms with Gasteiger partial charge >= 0.3 is 0 Å². The quantitative estimate of drug-likeness (QED) is 0.740. The molecule has 2 fully saturated rings. The third-order valence-corrected chi connectivity index (χ3v) is 4.92. The van der Waals surface area contributed by atoms with Crippen LogP contribution in [0.15, 0.2) is 30.3 Å². The van der Waals surface area contributed by atoms with E-state index in [1.54, 1.807) is 5.56 Å². The highest BCUT2D eigenvalue weighted by atomic mass is 14.9. The van der Waals surface area contributed by atoms with Crippen LogP contribution in [0.5, 0.6) is 0 Å². The van der Waals surface area contributed by atoms with Crippen molar-refractivity contribution in [2.75, 3.05) is 6.54 Å². The minimum Gasteiger partial charge on any atom is -0.314 e. The van der Waals surface area contributed by atoms with Crippen molar-refractivity contribution in [3.8, 4) is 0 Å². The van der Waals surface area contributed by atoms with Gasteiger partial charge in [0.2, 0.25) is 0 Å². The maximum atomic E-state index is 3.78. The van der Waals surface area contributed by atoms with E-state index in [4.69, 9.17) is 0 Å². The van der Waals surface area contributed by atoms with Crippen LogP contribution in [-0.2, 0) is 0 Å². The van der Waals surface area contributed by atoms with Crippen LogP contribution in [-0.4, -0.2) is 12.6 Å². The highest BCUT2D eigenvalue weighted by Gasteiger charge is 2.23. The molecule has 0 heterocycles. The normalized spacial score (nSPS) is 27.4. The molecule has 0 atom stereocenters. The molecule has 0 radical (unpaired) electrons. The van der Waals surface area contributed by atoms with Crippen molar-refractivity contribution in [1.82, 2.24) is 5.32 Å². The lowest BCUT2D eigenvalue weighted by Crippen LogP contribution is -2.33. The Labute approximate surface area is 117 Å². The minimum atomic E-state index is 0.791. The van der Waals surface area contributed by atoms with Crippen LogP contribution >= 0.6 is 0 Å². The Morgan fingerprint density at radius 2 is 1.63 bits per heavy atom. The van der Waals surface area contributed by atoms with Gasteiger partial charge in [-0.25, -0.2) is 0 Å². The number of benzene rings is 1. The molecule has 0 aliphatic heterocycles. The van der Waals surface area contributed by atoms with Gasteiger partial charge in [0.15, 0.2) is 0 Å². The summed E-state index contributed by atoms with van der Waals surface area (Å²) in [5.41, 5.74) is 1.55. The van der Waals surface area contributed by atoms with Gasteiger partial charge < -0.3 is 5.32 Å². The molecule has 1 heteroatoms. The zero-order chi connectivity index (χ0) is 12.9. The summed E-state index contributed by atoms with van der Waals surface area (Å²) in [6.07, 6.45) is 11.3. The lowest BCUT2D eigenvalue weighted by molar-refractivity contribution is 0.340. The van der Waals surface area contributed by atoms with Crippen molar-refractivity contribution in [3.63, 3.8) is 0 Å². The predicted octanol–water partition coefficient (Wildman–Crippen LogP) is 4.49. The topological polar surface area (TPSA) is 12.0 Å². The molecular weight excluding hydrogens is 230 g/mol. The number of nitrogens with one attached hydrogen (secondary N) is 1. The van der Waals surface area contributed by atoms with Gasteiger partial charge in [0.25, 0.3) is 0 Å². The fourth-order valence-electron chi connectivity index (χ4n) is 3.46. The van der Waals surface area contributed by atoms with Crippen molar-refractivity contribution in [2.45, 2.75) is 63.3 Å². The zero-order valence-corrected chi connectivity index (χ0v) is 12.0. The Kier molecular flexibility index (Phi) is 4.55. The third-order valence-electron chi connectivity index (χ3n) is 4.92. The van der Waals surface area contributed by atoms with E-state index >= 15 is 0 Å². The summed E-state index contributed by atoms with van der Waals surface area (Å²) in [6, 6.07) is 11.9. The first kappa shape index (κ1) is 13.2. The van der Waals surface area contributed by atoms with E-state index in [1.807, 2.05) is 0 Å². The van der Waals surface area contributed by atoms with Crippen LogP contribution in [0.25, 0.3) is 0 Å². The van der Waals surface area contributed by atoms with Gasteiger partial charge in [-0.2, -0.15) is 0 Å². The Morgan fingerprint density at radius 3 is 2.32 bits per heavy atom. The molecule has 19 heavy (non-hydrogen) atoms. The number of hydrogen-bond donors (Lipinski definition) is 1. The third kappa shape index (κ3) is 4.07. The van der Waals surface area contributed by atoms with Crippen LogP contribution in [0, 0.1) is 5.92 Å². The first-order valence-corrected chi connectivity index (χ1v) is 8.20. The largest absolute Gasteiger partial charge is 0.314 e. The van der Waals surface area contributed by atoms with Crippen molar-refractivity contribution in [3.05, 3.63) is 35.9 Å². The summed E-state index contributed by atoms with van der Waals surface area (Å²) in [7, 11) is 0. The fourth-order valence-corrected chi connectivity index (χ4v) is 3.46. The molecule has 1 N–H and O–H groups in total. The molecule has 104 valence electrons. The lowest BCUT2D eigenvalue weighted by Gasteiger charge is -2.29. The van der Waals surface area contributed by atoms with Gasteiger partial charge in [-0.3, -0.25) is 0 Å². The van der Waals surface area contributed by atoms with Gasteiger partial charge in [-0.1, -0.05) is 43.2 Å². The highest BCUT2D eigenvalue weighted by Crippen LogP contribution is 2.34. The van der Waals surface area contributed by atoms with E-state index < -0.39 is 0 Å². The van der Waals surface area contributed by atoms with Gasteiger partial charge in [0, 0.05) is 6.04 Å². The van der Waals surface area contributed by atoms with Crippen molar-refractivity contribution >= 4 is 0 Å². The molecule has 1 aromatic carbocycles. The van der Waals surface area contributed by atoms with Gasteiger partial charge in [-0.15, -0.1) is 0 Å². The second-order valence-electron chi connectivity index (χ2n) is 6.50. The molecule has 0 bridgehead atoms. The molecule has 0 amide bonds. The Balaban J connectivity index is 1.34. The van der Waals surface area contributed by atoms with E-state index in [1.165, 1.54) is 57.9 Å². The summed E-state index contributed by atoms with van der Waals surface area (Å²) in [5, 5.41) is 3.78. The highest BCUT2D eigenvalue weighted by molar-refractivity contribution is 5.20. The Bertz CT molecular complexity index is 361. The Hall–Kier alpha value is -0.820. The van der Waals surface area contributed by atoms with Crippen molar-refractivity contribution in [2.24, 2.45) is 5.92 Å². The molecule has 0 unspecified atom stereocenters. The Morgan fingerprint density at radius 1 is 0.895 bits per heavy atom. The minimum absolute atomic E-state index is 0.791. The van der Waals surface area contributed by atoms with Crippen LogP contribution in [0.3, 0.4) is 0 Å². The van der Waals surface area contributed by atoms with Crippen molar-refractivity contribution < 1.29 is 0 Å². The second-order valence-corrected chi connectivity index (χ2v) is 6.50. The SMILES string of the molecule is c1ccc(C2CCC(NCCCC3CC3)CC2)cc1. The summed E-state index contributed by atoms with van der Waals surface area (Å²) in [5.74, 6) is 1.90. The summed E-state index contributed by atoms with van der Waals surface area (Å²) in [4.78, 5) is 0. The summed E-state index contributed by atoms with van der Waals surface area (Å²) < 4.78 is 0. The molecule has 0 aromatic heterocycles. The van der Waals surface area contributed by atoms with Crippen LogP contribution in [0.1, 0.15) is 62.8 Å². The fraction of sp³-hybridized carbons (Fsp3) is 0.667. The first-order chi connectivity index (χ1) is 9.42. The summed E-state index contributed by atoms with van der Waals surface area (Å²) >= 11 is 0. The van der Waals surface area contributed by atoms with Crippen LogP contribution in [0.4, 0.5) is 0 Å². The van der Waals surface area contributed by atoms with Crippen molar-refractivity contribution in [1.29, 1.82) is 0 Å². The van der Waals surface area contributed by atoms with E-state index in [-0.39, 0.29) is 0 Å². The maximum absolute atomic E-state index is 3.78. The van der Waals surface area contributed by atoms with Gasteiger partial charge in [-0.05, 0) is 62.5 Å².